The number of hydrogen-bond acceptors (Lipinski definition) is 1. The van der Waals surface area contributed by atoms with Gasteiger partial charge < -0.3 is 4.42 Å². The molecule has 0 unspecified atom stereocenters. The van der Waals surface area contributed by atoms with E-state index in [2.05, 4.69) is 4.85 Å². The number of fused-ring (bicyclic) bond motifs is 3. The minimum Gasteiger partial charge on any atom is -0.466 e. The van der Waals surface area contributed by atoms with Gasteiger partial charge in [-0.3, -0.25) is 0 Å². The third-order valence-electron chi connectivity index (χ3n) is 4.95. The van der Waals surface area contributed by atoms with Crippen LogP contribution >= 0.6 is 0 Å². The smallest absolute Gasteiger partial charge is 0.229 e. The average molecular weight is 373 g/mol. The highest BCUT2D eigenvalue weighted by atomic mass is 16.3. The summed E-state index contributed by atoms with van der Waals surface area (Å²) in [5.74, 6) is -0.252. The molecule has 0 radical (unpaired) electrons. The predicted octanol–water partition coefficient (Wildman–Crippen LogP) is 6.44. The molecule has 4 rings (SSSR count). The highest BCUT2D eigenvalue weighted by Gasteiger charge is 2.22. The topological polar surface area (TPSA) is 21.4 Å². The van der Waals surface area contributed by atoms with E-state index >= 15 is 0 Å². The van der Waals surface area contributed by atoms with Gasteiger partial charge in [-0.2, -0.15) is 0 Å². The lowest BCUT2D eigenvalue weighted by molar-refractivity contribution is -0.660. The monoisotopic (exact) mass is 372 g/mol. The number of benzene rings is 2. The Balaban J connectivity index is 2.05. The van der Waals surface area contributed by atoms with Crippen LogP contribution in [0.5, 0.6) is 0 Å². The van der Waals surface area contributed by atoms with Gasteiger partial charge in [-0.05, 0) is 43.8 Å². The molecule has 0 aliphatic carbocycles. The zero-order valence-electron chi connectivity index (χ0n) is 19.8. The van der Waals surface area contributed by atoms with Gasteiger partial charge in [0.2, 0.25) is 11.4 Å². The molecule has 0 amide bonds. The van der Waals surface area contributed by atoms with Crippen LogP contribution in [-0.2, 0) is 13.4 Å². The maximum Gasteiger partial charge on any atom is 0.229 e. The Hall–Kier alpha value is -3.12. The second kappa shape index (κ2) is 6.80. The molecular formula is C25H25N2O+. The zero-order chi connectivity index (χ0) is 22.7. The predicted molar refractivity (Wildman–Crippen MR) is 115 cm³/mol. The van der Waals surface area contributed by atoms with Crippen molar-refractivity contribution in [3.8, 4) is 11.3 Å². The lowest BCUT2D eigenvalue weighted by Gasteiger charge is -2.08. The molecule has 2 aromatic heterocycles. The van der Waals surface area contributed by atoms with E-state index in [0.29, 0.717) is 22.4 Å². The van der Waals surface area contributed by atoms with Crippen molar-refractivity contribution in [2.24, 2.45) is 13.0 Å². The van der Waals surface area contributed by atoms with Crippen LogP contribution < -0.4 is 4.57 Å². The van der Waals surface area contributed by atoms with Crippen LogP contribution in [0.4, 0.5) is 5.69 Å². The molecule has 0 saturated carbocycles. The summed E-state index contributed by atoms with van der Waals surface area (Å²) in [7, 11) is 1.78. The number of rotatable bonds is 3. The van der Waals surface area contributed by atoms with Crippen LogP contribution in [0.15, 0.2) is 47.0 Å². The van der Waals surface area contributed by atoms with Gasteiger partial charge in [-0.25, -0.2) is 9.41 Å². The van der Waals surface area contributed by atoms with Crippen LogP contribution in [-0.4, -0.2) is 0 Å². The highest BCUT2D eigenvalue weighted by molar-refractivity contribution is 6.13. The lowest BCUT2D eigenvalue weighted by atomic mass is 9.98. The van der Waals surface area contributed by atoms with Gasteiger partial charge in [0.25, 0.3) is 0 Å². The van der Waals surface area contributed by atoms with Crippen molar-refractivity contribution >= 4 is 27.6 Å². The number of pyridine rings is 1. The fourth-order valence-electron chi connectivity index (χ4n) is 3.76. The molecule has 0 aliphatic heterocycles. The SMILES string of the molecule is [2H]c1c(C([2H])([2H])C(C)C)ccc(-c2c(C)ccc3c2oc2c([N+]#[C-])cc(C)cc23)[n+]1C. The van der Waals surface area contributed by atoms with Crippen molar-refractivity contribution in [3.05, 3.63) is 70.7 Å². The summed E-state index contributed by atoms with van der Waals surface area (Å²) < 4.78 is 33.5. The number of hydrogen-bond donors (Lipinski definition) is 0. The molecular weight excluding hydrogens is 344 g/mol. The van der Waals surface area contributed by atoms with Crippen LogP contribution in [0.25, 0.3) is 38.0 Å². The fraction of sp³-hybridized carbons (Fsp3) is 0.280. The summed E-state index contributed by atoms with van der Waals surface area (Å²) in [5, 5.41) is 1.83. The van der Waals surface area contributed by atoms with E-state index in [1.54, 1.807) is 17.7 Å². The normalized spacial score (nSPS) is 13.5. The molecule has 0 aliphatic rings. The third-order valence-corrected chi connectivity index (χ3v) is 4.95. The van der Waals surface area contributed by atoms with Crippen LogP contribution in [0.2, 0.25) is 0 Å². The largest absolute Gasteiger partial charge is 0.466 e. The molecule has 0 saturated heterocycles. The third kappa shape index (κ3) is 2.96. The van der Waals surface area contributed by atoms with E-state index in [1.807, 2.05) is 58.0 Å². The Kier molecular flexibility index (Phi) is 3.61. The molecule has 0 atom stereocenters. The molecule has 0 spiro atoms. The summed E-state index contributed by atoms with van der Waals surface area (Å²) >= 11 is 0. The van der Waals surface area contributed by atoms with Gasteiger partial charge >= 0.3 is 0 Å². The maximum absolute atomic E-state index is 8.67. The van der Waals surface area contributed by atoms with Gasteiger partial charge in [0.05, 0.1) is 12.1 Å². The first kappa shape index (κ1) is 14.9. The first-order chi connectivity index (χ1) is 14.6. The molecule has 3 heteroatoms. The van der Waals surface area contributed by atoms with Gasteiger partial charge in [0.1, 0.15) is 19.6 Å². The molecule has 2 heterocycles. The van der Waals surface area contributed by atoms with Crippen molar-refractivity contribution < 1.29 is 13.1 Å². The average Bonchev–Trinajstić information content (AvgIpc) is 3.07. The standard InChI is InChI=1S/C25H25N2O/c1-15(2)11-18-8-10-22(27(6)14-18)23-17(4)7-9-19-20-12-16(3)13-21(26-5)24(20)28-25(19)23/h7-10,12-15H,11H2,1-4,6H3/q+1/i11D2,14D. The molecule has 28 heavy (non-hydrogen) atoms. The summed E-state index contributed by atoms with van der Waals surface area (Å²) in [6.07, 6.45) is -1.46. The van der Waals surface area contributed by atoms with Crippen molar-refractivity contribution in [1.82, 2.24) is 0 Å². The molecule has 3 nitrogen and oxygen atoms in total. The minimum atomic E-state index is -1.60. The van der Waals surface area contributed by atoms with Crippen LogP contribution in [0.3, 0.4) is 0 Å². The summed E-state index contributed by atoms with van der Waals surface area (Å²) in [6.45, 7) is 15.1. The fourth-order valence-corrected chi connectivity index (χ4v) is 3.76. The first-order valence-corrected chi connectivity index (χ1v) is 9.42. The van der Waals surface area contributed by atoms with Crippen molar-refractivity contribution in [3.63, 3.8) is 0 Å². The van der Waals surface area contributed by atoms with Gasteiger partial charge in [-0.15, -0.1) is 0 Å². The zero-order valence-corrected chi connectivity index (χ0v) is 16.8. The van der Waals surface area contributed by atoms with Crippen molar-refractivity contribution in [1.29, 1.82) is 0 Å². The van der Waals surface area contributed by atoms with Crippen LogP contribution in [0, 0.1) is 26.3 Å². The number of aryl methyl sites for hydroxylation is 2. The number of aromatic nitrogens is 1. The quantitative estimate of drug-likeness (QED) is 0.299. The Morgan fingerprint density at radius 1 is 1.14 bits per heavy atom. The van der Waals surface area contributed by atoms with Gasteiger partial charge in [-0.1, -0.05) is 37.6 Å². The second-order valence-electron chi connectivity index (χ2n) is 7.61. The van der Waals surface area contributed by atoms with Gasteiger partial charge in [0.15, 0.2) is 6.17 Å². The van der Waals surface area contributed by atoms with E-state index in [1.165, 1.54) is 0 Å². The number of furan rings is 1. The van der Waals surface area contributed by atoms with E-state index < -0.39 is 6.37 Å². The Bertz CT molecular complexity index is 1390. The molecule has 0 fully saturated rings. The van der Waals surface area contributed by atoms with E-state index in [4.69, 9.17) is 15.1 Å². The van der Waals surface area contributed by atoms with Crippen LogP contribution in [0.1, 0.15) is 34.7 Å². The molecule has 140 valence electrons. The molecule has 2 aromatic carbocycles. The second-order valence-corrected chi connectivity index (χ2v) is 7.61. The number of nitrogens with zero attached hydrogens (tertiary/aromatic N) is 2. The maximum atomic E-state index is 8.67. The summed E-state index contributed by atoms with van der Waals surface area (Å²) in [4.78, 5) is 3.65. The lowest BCUT2D eigenvalue weighted by Crippen LogP contribution is -2.31. The molecule has 0 N–H and O–H groups in total. The van der Waals surface area contributed by atoms with Crippen molar-refractivity contribution in [2.75, 3.05) is 0 Å². The van der Waals surface area contributed by atoms with E-state index in [-0.39, 0.29) is 12.1 Å². The Labute approximate surface area is 170 Å². The molecule has 4 aromatic rings. The summed E-state index contributed by atoms with van der Waals surface area (Å²) in [6, 6.07) is 11.5. The first-order valence-electron chi connectivity index (χ1n) is 10.9. The van der Waals surface area contributed by atoms with Gasteiger partial charge in [0, 0.05) is 25.1 Å². The minimum absolute atomic E-state index is 0.140. The van der Waals surface area contributed by atoms with Crippen molar-refractivity contribution in [2.45, 2.75) is 34.1 Å². The molecule has 0 bridgehead atoms. The Morgan fingerprint density at radius 3 is 2.64 bits per heavy atom. The summed E-state index contributed by atoms with van der Waals surface area (Å²) in [5.41, 5.74) is 5.73. The van der Waals surface area contributed by atoms with E-state index in [9.17, 15) is 0 Å². The van der Waals surface area contributed by atoms with E-state index in [0.717, 1.165) is 33.2 Å². The Morgan fingerprint density at radius 2 is 1.93 bits per heavy atom. The highest BCUT2D eigenvalue weighted by Crippen LogP contribution is 2.40.